The van der Waals surface area contributed by atoms with E-state index in [2.05, 4.69) is 10.4 Å². The molecule has 0 radical (unpaired) electrons. The van der Waals surface area contributed by atoms with Crippen molar-refractivity contribution in [1.29, 1.82) is 0 Å². The van der Waals surface area contributed by atoms with Gasteiger partial charge < -0.3 is 10.1 Å². The molecule has 0 aliphatic rings. The van der Waals surface area contributed by atoms with Gasteiger partial charge in [-0.1, -0.05) is 18.2 Å². The average molecular weight is 371 g/mol. The van der Waals surface area contributed by atoms with Crippen LogP contribution in [0.2, 0.25) is 0 Å². The first-order valence-corrected chi connectivity index (χ1v) is 8.33. The summed E-state index contributed by atoms with van der Waals surface area (Å²) < 4.78 is 34.6. The Labute approximate surface area is 155 Å². The first-order valence-electron chi connectivity index (χ1n) is 8.33. The normalized spacial score (nSPS) is 10.7. The lowest BCUT2D eigenvalue weighted by Crippen LogP contribution is -2.17. The Morgan fingerprint density at radius 1 is 1.15 bits per heavy atom. The van der Waals surface area contributed by atoms with Crippen LogP contribution in [0.4, 0.5) is 14.5 Å². The summed E-state index contributed by atoms with van der Waals surface area (Å²) in [6.45, 7) is 3.98. The second-order valence-electron chi connectivity index (χ2n) is 6.11. The number of benzene rings is 2. The predicted octanol–water partition coefficient (Wildman–Crippen LogP) is 4.09. The van der Waals surface area contributed by atoms with Crippen LogP contribution in [0.3, 0.4) is 0 Å². The van der Waals surface area contributed by atoms with Crippen molar-refractivity contribution in [2.45, 2.75) is 20.4 Å². The van der Waals surface area contributed by atoms with Crippen molar-refractivity contribution in [3.8, 4) is 5.75 Å². The van der Waals surface area contributed by atoms with Gasteiger partial charge in [0.1, 0.15) is 22.9 Å². The van der Waals surface area contributed by atoms with Crippen LogP contribution in [0, 0.1) is 25.5 Å². The summed E-state index contributed by atoms with van der Waals surface area (Å²) in [5.74, 6) is -1.94. The van der Waals surface area contributed by atoms with E-state index in [1.807, 2.05) is 24.3 Å². The minimum Gasteiger partial charge on any atom is -0.497 e. The van der Waals surface area contributed by atoms with Crippen molar-refractivity contribution >= 4 is 11.6 Å². The smallest absolute Gasteiger partial charge is 0.261 e. The lowest BCUT2D eigenvalue weighted by molar-refractivity contribution is 0.101. The second kappa shape index (κ2) is 7.57. The molecule has 0 fully saturated rings. The number of carbonyl (C=O) groups is 1. The summed E-state index contributed by atoms with van der Waals surface area (Å²) in [7, 11) is 1.60. The molecule has 0 bridgehead atoms. The van der Waals surface area contributed by atoms with Crippen molar-refractivity contribution in [3.63, 3.8) is 0 Å². The maximum Gasteiger partial charge on any atom is 0.261 e. The maximum atomic E-state index is 13.8. The van der Waals surface area contributed by atoms with E-state index in [0.29, 0.717) is 23.6 Å². The lowest BCUT2D eigenvalue weighted by Gasteiger charge is -2.09. The SMILES string of the molecule is COc1cccc(Cn2nc(C)c(NC(=O)c3c(F)cccc3F)c2C)c1. The molecular weight excluding hydrogens is 352 g/mol. The van der Waals surface area contributed by atoms with Crippen molar-refractivity contribution in [2.75, 3.05) is 12.4 Å². The third-order valence-electron chi connectivity index (χ3n) is 4.28. The molecular formula is C20H19F2N3O2. The Balaban J connectivity index is 1.86. The van der Waals surface area contributed by atoms with Crippen LogP contribution < -0.4 is 10.1 Å². The zero-order chi connectivity index (χ0) is 19.6. The highest BCUT2D eigenvalue weighted by molar-refractivity contribution is 6.05. The number of aromatic nitrogens is 2. The molecule has 1 amide bonds. The van der Waals surface area contributed by atoms with Crippen LogP contribution in [0.1, 0.15) is 27.3 Å². The molecule has 0 aliphatic carbocycles. The van der Waals surface area contributed by atoms with Gasteiger partial charge in [0.15, 0.2) is 0 Å². The molecule has 3 rings (SSSR count). The van der Waals surface area contributed by atoms with Crippen molar-refractivity contribution in [1.82, 2.24) is 9.78 Å². The predicted molar refractivity (Wildman–Crippen MR) is 98.1 cm³/mol. The number of methoxy groups -OCH3 is 1. The zero-order valence-corrected chi connectivity index (χ0v) is 15.2. The van der Waals surface area contributed by atoms with Gasteiger partial charge in [-0.2, -0.15) is 5.10 Å². The molecule has 5 nitrogen and oxygen atoms in total. The highest BCUT2D eigenvalue weighted by Crippen LogP contribution is 2.23. The van der Waals surface area contributed by atoms with Crippen LogP contribution in [0.15, 0.2) is 42.5 Å². The Morgan fingerprint density at radius 3 is 2.48 bits per heavy atom. The maximum absolute atomic E-state index is 13.8. The van der Waals surface area contributed by atoms with Gasteiger partial charge in [0, 0.05) is 0 Å². The van der Waals surface area contributed by atoms with E-state index < -0.39 is 23.1 Å². The molecule has 0 unspecified atom stereocenters. The number of nitrogens with zero attached hydrogens (tertiary/aromatic N) is 2. The molecule has 0 saturated heterocycles. The Hall–Kier alpha value is -3.22. The molecule has 1 N–H and O–H groups in total. The van der Waals surface area contributed by atoms with Crippen LogP contribution in [0.25, 0.3) is 0 Å². The Kier molecular flexibility index (Phi) is 5.21. The number of rotatable bonds is 5. The summed E-state index contributed by atoms with van der Waals surface area (Å²) >= 11 is 0. The second-order valence-corrected chi connectivity index (χ2v) is 6.11. The summed E-state index contributed by atoms with van der Waals surface area (Å²) in [6, 6.07) is 10.9. The van der Waals surface area contributed by atoms with E-state index >= 15 is 0 Å². The van der Waals surface area contributed by atoms with E-state index in [4.69, 9.17) is 4.74 Å². The number of nitrogens with one attached hydrogen (secondary N) is 1. The monoisotopic (exact) mass is 371 g/mol. The van der Waals surface area contributed by atoms with Gasteiger partial charge in [-0.05, 0) is 43.7 Å². The van der Waals surface area contributed by atoms with Gasteiger partial charge in [-0.15, -0.1) is 0 Å². The van der Waals surface area contributed by atoms with Crippen LogP contribution in [0.5, 0.6) is 5.75 Å². The van der Waals surface area contributed by atoms with Crippen molar-refractivity contribution in [2.24, 2.45) is 0 Å². The lowest BCUT2D eigenvalue weighted by atomic mass is 10.1. The third kappa shape index (κ3) is 3.81. The largest absolute Gasteiger partial charge is 0.497 e. The molecule has 0 aliphatic heterocycles. The highest BCUT2D eigenvalue weighted by atomic mass is 19.1. The Morgan fingerprint density at radius 2 is 1.81 bits per heavy atom. The summed E-state index contributed by atoms with van der Waals surface area (Å²) in [4.78, 5) is 12.4. The van der Waals surface area contributed by atoms with Crippen molar-refractivity contribution < 1.29 is 18.3 Å². The van der Waals surface area contributed by atoms with Crippen molar-refractivity contribution in [3.05, 3.63) is 76.6 Å². The molecule has 0 spiro atoms. The van der Waals surface area contributed by atoms with E-state index in [1.54, 1.807) is 25.6 Å². The first-order chi connectivity index (χ1) is 12.9. The minimum absolute atomic E-state index is 0.436. The zero-order valence-electron chi connectivity index (χ0n) is 15.2. The molecule has 0 atom stereocenters. The molecule has 1 heterocycles. The van der Waals surface area contributed by atoms with E-state index in [0.717, 1.165) is 23.4 Å². The number of halogens is 2. The van der Waals surface area contributed by atoms with E-state index in [9.17, 15) is 13.6 Å². The minimum atomic E-state index is -0.911. The number of ether oxygens (including phenoxy) is 1. The number of carbonyl (C=O) groups excluding carboxylic acids is 1. The van der Waals surface area contributed by atoms with Crippen LogP contribution in [-0.2, 0) is 6.54 Å². The molecule has 7 heteroatoms. The fraction of sp³-hybridized carbons (Fsp3) is 0.200. The van der Waals surface area contributed by atoms with E-state index in [1.165, 1.54) is 6.07 Å². The number of anilines is 1. The van der Waals surface area contributed by atoms with Gasteiger partial charge in [-0.3, -0.25) is 9.48 Å². The van der Waals surface area contributed by atoms with Gasteiger partial charge in [0.2, 0.25) is 0 Å². The molecule has 0 saturated carbocycles. The van der Waals surface area contributed by atoms with Gasteiger partial charge >= 0.3 is 0 Å². The highest BCUT2D eigenvalue weighted by Gasteiger charge is 2.20. The molecule has 1 aromatic heterocycles. The first kappa shape index (κ1) is 18.6. The topological polar surface area (TPSA) is 56.1 Å². The Bertz CT molecular complexity index is 979. The van der Waals surface area contributed by atoms with Gasteiger partial charge in [-0.25, -0.2) is 8.78 Å². The fourth-order valence-electron chi connectivity index (χ4n) is 2.87. The quantitative estimate of drug-likeness (QED) is 0.735. The summed E-state index contributed by atoms with van der Waals surface area (Å²) in [5, 5.41) is 7.00. The average Bonchev–Trinajstić information content (AvgIpc) is 2.89. The van der Waals surface area contributed by atoms with Gasteiger partial charge in [0.25, 0.3) is 5.91 Å². The summed E-state index contributed by atoms with van der Waals surface area (Å²) in [6.07, 6.45) is 0. The van der Waals surface area contributed by atoms with Gasteiger partial charge in [0.05, 0.1) is 30.7 Å². The van der Waals surface area contributed by atoms with E-state index in [-0.39, 0.29) is 0 Å². The molecule has 3 aromatic rings. The summed E-state index contributed by atoms with van der Waals surface area (Å²) in [5.41, 5.74) is 2.03. The molecule has 140 valence electrons. The molecule has 2 aromatic carbocycles. The van der Waals surface area contributed by atoms with Crippen LogP contribution >= 0.6 is 0 Å². The standard InChI is InChI=1S/C20H19F2N3O2/c1-12-19(23-20(26)18-16(21)8-5-9-17(18)22)13(2)25(24-12)11-14-6-4-7-15(10-14)27-3/h4-10H,11H2,1-3H3,(H,23,26). The number of hydrogen-bond donors (Lipinski definition) is 1. The number of aryl methyl sites for hydroxylation is 1. The molecule has 27 heavy (non-hydrogen) atoms. The third-order valence-corrected chi connectivity index (χ3v) is 4.28. The number of hydrogen-bond acceptors (Lipinski definition) is 3. The fourth-order valence-corrected chi connectivity index (χ4v) is 2.87. The van der Waals surface area contributed by atoms with Crippen LogP contribution in [-0.4, -0.2) is 22.8 Å². The number of amides is 1.